The van der Waals surface area contributed by atoms with Crippen molar-refractivity contribution in [3.05, 3.63) is 0 Å². The molecule has 0 radical (unpaired) electrons. The van der Waals surface area contributed by atoms with Crippen LogP contribution in [0.25, 0.3) is 0 Å². The molecule has 0 spiro atoms. The largest absolute Gasteiger partial charge is 0.481 e. The third kappa shape index (κ3) is 11.2. The van der Waals surface area contributed by atoms with Crippen LogP contribution in [0.1, 0.15) is 129 Å². The van der Waals surface area contributed by atoms with Crippen LogP contribution < -0.4 is 0 Å². The highest BCUT2D eigenvalue weighted by molar-refractivity contribution is 8.00. The third-order valence-corrected chi connectivity index (χ3v) is 11.9. The molecule has 1 saturated carbocycles. The number of carbonyl (C=O) groups excluding carboxylic acids is 3. The highest BCUT2D eigenvalue weighted by atomic mass is 32.2. The Kier molecular flexibility index (Phi) is 14.3. The zero-order chi connectivity index (χ0) is 34.3. The Morgan fingerprint density at radius 3 is 1.82 bits per heavy atom. The van der Waals surface area contributed by atoms with Gasteiger partial charge < -0.3 is 19.3 Å². The van der Waals surface area contributed by atoms with Crippen LogP contribution in [-0.2, 0) is 33.4 Å². The topological polar surface area (TPSA) is 116 Å². The molecule has 0 aromatic heterocycles. The molecular formula is C35H62O8S. The van der Waals surface area contributed by atoms with Crippen LogP contribution in [0.5, 0.6) is 0 Å². The van der Waals surface area contributed by atoms with E-state index in [4.69, 9.17) is 14.2 Å². The first-order valence-corrected chi connectivity index (χ1v) is 17.2. The minimum atomic E-state index is -1.05. The van der Waals surface area contributed by atoms with Crippen molar-refractivity contribution in [3.8, 4) is 0 Å². The van der Waals surface area contributed by atoms with Crippen molar-refractivity contribution in [2.24, 2.45) is 39.4 Å². The predicted molar refractivity (Wildman–Crippen MR) is 176 cm³/mol. The quantitative estimate of drug-likeness (QED) is 0.140. The lowest BCUT2D eigenvalue weighted by Gasteiger charge is -2.44. The molecule has 256 valence electrons. The summed E-state index contributed by atoms with van der Waals surface area (Å²) in [5.41, 5.74) is -1.34. The summed E-state index contributed by atoms with van der Waals surface area (Å²) in [5, 5.41) is 9.67. The van der Waals surface area contributed by atoms with Crippen LogP contribution in [-0.4, -0.2) is 58.8 Å². The van der Waals surface area contributed by atoms with Gasteiger partial charge in [0.1, 0.15) is 13.2 Å². The third-order valence-electron chi connectivity index (χ3n) is 10.3. The smallest absolute Gasteiger partial charge is 0.312 e. The lowest BCUT2D eigenvalue weighted by atomic mass is 9.61. The molecule has 0 aromatic rings. The van der Waals surface area contributed by atoms with E-state index in [0.717, 1.165) is 12.8 Å². The second kappa shape index (κ2) is 15.7. The van der Waals surface area contributed by atoms with Gasteiger partial charge in [-0.1, -0.05) is 95.9 Å². The standard InChI is InChI=1S/C35H62O8S/c1-23(2)33(9,10)34(11,12)44-19-18-27(36)41-20-24(43-29(39)26-17-15-14-16-25(26)28(37)38)21-42-30(40)35(13,32(6,7)8)22-31(3,4)5/h23-26H,14-22H2,1-13H3,(H,37,38). The number of carboxylic acids is 1. The Morgan fingerprint density at radius 1 is 0.818 bits per heavy atom. The van der Waals surface area contributed by atoms with E-state index < -0.39 is 52.6 Å². The number of aliphatic carboxylic acids is 1. The summed E-state index contributed by atoms with van der Waals surface area (Å²) in [7, 11) is 0. The monoisotopic (exact) mass is 642 g/mol. The van der Waals surface area contributed by atoms with E-state index in [2.05, 4.69) is 62.3 Å². The van der Waals surface area contributed by atoms with Crippen molar-refractivity contribution >= 4 is 35.6 Å². The number of hydrogen-bond donors (Lipinski definition) is 1. The minimum absolute atomic E-state index is 0.0478. The molecule has 4 unspecified atom stereocenters. The number of thioether (sulfide) groups is 1. The molecule has 0 heterocycles. The first kappa shape index (κ1) is 40.3. The Balaban J connectivity index is 3.03. The molecule has 0 saturated heterocycles. The maximum Gasteiger partial charge on any atom is 0.312 e. The van der Waals surface area contributed by atoms with Gasteiger partial charge in [-0.05, 0) is 48.3 Å². The van der Waals surface area contributed by atoms with Gasteiger partial charge in [0.25, 0.3) is 0 Å². The van der Waals surface area contributed by atoms with E-state index in [1.807, 2.05) is 27.7 Å². The molecule has 8 nitrogen and oxygen atoms in total. The molecular weight excluding hydrogens is 580 g/mol. The number of ether oxygens (including phenoxy) is 3. The van der Waals surface area contributed by atoms with Gasteiger partial charge in [-0.25, -0.2) is 0 Å². The van der Waals surface area contributed by atoms with E-state index in [-0.39, 0.29) is 35.2 Å². The fourth-order valence-corrected chi connectivity index (χ4v) is 7.02. The molecule has 1 N–H and O–H groups in total. The number of esters is 3. The van der Waals surface area contributed by atoms with E-state index >= 15 is 0 Å². The minimum Gasteiger partial charge on any atom is -0.481 e. The Hall–Kier alpha value is -1.77. The van der Waals surface area contributed by atoms with Gasteiger partial charge in [-0.15, -0.1) is 0 Å². The van der Waals surface area contributed by atoms with Gasteiger partial charge in [0, 0.05) is 10.5 Å². The van der Waals surface area contributed by atoms with Crippen molar-refractivity contribution in [2.45, 2.75) is 139 Å². The SMILES string of the molecule is CC(C)C(C)(C)C(C)(C)SCCC(=O)OCC(COC(=O)C(C)(CC(C)(C)C)C(C)(C)C)OC(=O)C1CCCCC1C(=O)O. The summed E-state index contributed by atoms with van der Waals surface area (Å²) < 4.78 is 17.0. The molecule has 9 heteroatoms. The summed E-state index contributed by atoms with van der Waals surface area (Å²) >= 11 is 1.72. The van der Waals surface area contributed by atoms with Crippen LogP contribution >= 0.6 is 11.8 Å². The predicted octanol–water partition coefficient (Wildman–Crippen LogP) is 7.95. The normalized spacial score (nSPS) is 20.4. The molecule has 0 bridgehead atoms. The summed E-state index contributed by atoms with van der Waals surface area (Å²) in [6, 6.07) is 0. The van der Waals surface area contributed by atoms with Crippen LogP contribution in [0.4, 0.5) is 0 Å². The average molecular weight is 643 g/mol. The first-order chi connectivity index (χ1) is 19.9. The molecule has 0 aliphatic heterocycles. The second-order valence-electron chi connectivity index (χ2n) is 16.5. The van der Waals surface area contributed by atoms with Gasteiger partial charge in [-0.3, -0.25) is 19.2 Å². The van der Waals surface area contributed by atoms with Crippen LogP contribution in [0.2, 0.25) is 0 Å². The Morgan fingerprint density at radius 2 is 1.34 bits per heavy atom. The van der Waals surface area contributed by atoms with E-state index in [0.29, 0.717) is 30.9 Å². The van der Waals surface area contributed by atoms with Crippen molar-refractivity contribution in [1.82, 2.24) is 0 Å². The maximum absolute atomic E-state index is 13.6. The van der Waals surface area contributed by atoms with Crippen molar-refractivity contribution in [2.75, 3.05) is 19.0 Å². The fourth-order valence-electron chi connectivity index (χ4n) is 5.64. The average Bonchev–Trinajstić information content (AvgIpc) is 2.87. The summed E-state index contributed by atoms with van der Waals surface area (Å²) in [6.07, 6.45) is 2.00. The van der Waals surface area contributed by atoms with E-state index in [1.165, 1.54) is 0 Å². The summed E-state index contributed by atoms with van der Waals surface area (Å²) in [5.74, 6) is -3.12. The number of rotatable bonds is 15. The maximum atomic E-state index is 13.6. The summed E-state index contributed by atoms with van der Waals surface area (Å²) in [4.78, 5) is 51.4. The summed E-state index contributed by atoms with van der Waals surface area (Å²) in [6.45, 7) is 26.8. The van der Waals surface area contributed by atoms with Crippen molar-refractivity contribution < 1.29 is 38.5 Å². The lowest BCUT2D eigenvalue weighted by molar-refractivity contribution is -0.179. The second-order valence-corrected chi connectivity index (χ2v) is 18.2. The van der Waals surface area contributed by atoms with Crippen molar-refractivity contribution in [1.29, 1.82) is 0 Å². The molecule has 0 aromatic carbocycles. The van der Waals surface area contributed by atoms with Gasteiger partial charge in [0.2, 0.25) is 0 Å². The zero-order valence-corrected chi connectivity index (χ0v) is 30.7. The highest BCUT2D eigenvalue weighted by Crippen LogP contribution is 2.48. The van der Waals surface area contributed by atoms with Crippen LogP contribution in [0.3, 0.4) is 0 Å². The molecule has 44 heavy (non-hydrogen) atoms. The van der Waals surface area contributed by atoms with E-state index in [9.17, 15) is 24.3 Å². The van der Waals surface area contributed by atoms with Gasteiger partial charge in [0.05, 0.1) is 23.7 Å². The molecule has 0 amide bonds. The van der Waals surface area contributed by atoms with Crippen LogP contribution in [0.15, 0.2) is 0 Å². The lowest BCUT2D eigenvalue weighted by Crippen LogP contribution is -2.45. The highest BCUT2D eigenvalue weighted by Gasteiger charge is 2.48. The fraction of sp³-hybridized carbons (Fsp3) is 0.886. The molecule has 1 aliphatic carbocycles. The molecule has 1 fully saturated rings. The molecule has 1 aliphatic rings. The van der Waals surface area contributed by atoms with Gasteiger partial charge in [-0.2, -0.15) is 11.8 Å². The van der Waals surface area contributed by atoms with Crippen molar-refractivity contribution in [3.63, 3.8) is 0 Å². The van der Waals surface area contributed by atoms with Gasteiger partial charge >= 0.3 is 23.9 Å². The molecule has 4 atom stereocenters. The van der Waals surface area contributed by atoms with Crippen LogP contribution in [0, 0.1) is 39.4 Å². The first-order valence-electron chi connectivity index (χ1n) is 16.3. The number of carbonyl (C=O) groups is 4. The Bertz CT molecular complexity index is 988. The van der Waals surface area contributed by atoms with Gasteiger partial charge in [0.15, 0.2) is 6.10 Å². The van der Waals surface area contributed by atoms with E-state index in [1.54, 1.807) is 11.8 Å². The molecule has 1 rings (SSSR count). The zero-order valence-electron chi connectivity index (χ0n) is 29.9. The number of hydrogen-bond acceptors (Lipinski definition) is 8. The number of carboxylic acid groups (broad SMARTS) is 1. The Labute approximate surface area is 271 Å².